The maximum atomic E-state index is 9.51. The van der Waals surface area contributed by atoms with Crippen LogP contribution in [0.5, 0.6) is 0 Å². The number of hydrogen-bond donors (Lipinski definition) is 4. The second kappa shape index (κ2) is 10.1. The zero-order valence-corrected chi connectivity index (χ0v) is 15.7. The summed E-state index contributed by atoms with van der Waals surface area (Å²) in [6.07, 6.45) is 0. The molecule has 4 N–H and O–H groups in total. The van der Waals surface area contributed by atoms with Gasteiger partial charge >= 0.3 is 41.6 Å². The Morgan fingerprint density at radius 1 is 0.429 bits per heavy atom. The van der Waals surface area contributed by atoms with Gasteiger partial charge in [-0.15, -0.1) is 0 Å². The van der Waals surface area contributed by atoms with Crippen molar-refractivity contribution in [2.24, 2.45) is 0 Å². The van der Waals surface area contributed by atoms with E-state index in [0.717, 1.165) is 0 Å². The maximum absolute atomic E-state index is 9.51. The molecular formula is H4KO16S4. The van der Waals surface area contributed by atoms with Crippen LogP contribution in [-0.4, -0.2) is 103 Å². The van der Waals surface area contributed by atoms with Crippen molar-refractivity contribution < 1.29 is 69.2 Å². The van der Waals surface area contributed by atoms with Gasteiger partial charge in [-0.05, 0) is 0 Å². The molecular weight excluding hydrogens is 423 g/mol. The Balaban J connectivity index is -0.000000295. The van der Waals surface area contributed by atoms with Crippen molar-refractivity contribution in [2.75, 3.05) is 0 Å². The quantitative estimate of drug-likeness (QED) is 0.140. The van der Waals surface area contributed by atoms with E-state index in [-0.39, 0.29) is 51.4 Å². The molecule has 0 aliphatic rings. The van der Waals surface area contributed by atoms with Crippen LogP contribution in [0.1, 0.15) is 0 Å². The van der Waals surface area contributed by atoms with Crippen molar-refractivity contribution in [3.63, 3.8) is 0 Å². The molecule has 125 valence electrons. The maximum Gasteiger partial charge on any atom is 0.425 e. The van der Waals surface area contributed by atoms with E-state index in [2.05, 4.69) is 17.3 Å². The summed E-state index contributed by atoms with van der Waals surface area (Å²) < 4.78 is 118. The van der Waals surface area contributed by atoms with Crippen molar-refractivity contribution in [3.05, 3.63) is 0 Å². The van der Waals surface area contributed by atoms with Crippen molar-refractivity contribution in [1.82, 2.24) is 0 Å². The monoisotopic (exact) mass is 427 g/mol. The summed E-state index contributed by atoms with van der Waals surface area (Å²) in [5.74, 6) is 0. The van der Waals surface area contributed by atoms with Gasteiger partial charge in [0.2, 0.25) is 0 Å². The van der Waals surface area contributed by atoms with Gasteiger partial charge in [0, 0.05) is 51.4 Å². The van der Waals surface area contributed by atoms with Gasteiger partial charge in [-0.3, -0.25) is 18.2 Å². The third-order valence-corrected chi connectivity index (χ3v) is 1.53. The van der Waals surface area contributed by atoms with Gasteiger partial charge in [0.05, 0.1) is 0 Å². The van der Waals surface area contributed by atoms with E-state index in [1.807, 2.05) is 0 Å². The average molecular weight is 427 g/mol. The normalized spacial score (nSPS) is 12.8. The van der Waals surface area contributed by atoms with Gasteiger partial charge in [-0.25, -0.2) is 0 Å². The molecule has 21 heteroatoms. The number of rotatable bonds is 6. The Morgan fingerprint density at radius 3 is 0.571 bits per heavy atom. The van der Waals surface area contributed by atoms with Gasteiger partial charge in [0.1, 0.15) is 0 Å². The fourth-order valence-corrected chi connectivity index (χ4v) is 1.26. The molecule has 0 unspecified atom stereocenters. The van der Waals surface area contributed by atoms with E-state index in [0.29, 0.717) is 0 Å². The molecule has 0 aromatic carbocycles. The SMILES string of the molecule is O=S(=O)(O)OOS(=O)(=O)O.O=S(=O)(O)OOS(=O)(=O)O.[K]. The molecule has 0 saturated carbocycles. The molecule has 0 spiro atoms. The zero-order chi connectivity index (χ0) is 16.8. The zero-order valence-electron chi connectivity index (χ0n) is 9.32. The summed E-state index contributed by atoms with van der Waals surface area (Å²) in [7, 11) is -20.1. The molecule has 0 bridgehead atoms. The molecule has 0 aromatic heterocycles. The summed E-state index contributed by atoms with van der Waals surface area (Å²) in [5, 5.41) is 0. The van der Waals surface area contributed by atoms with Gasteiger partial charge < -0.3 is 0 Å². The first-order valence-electron chi connectivity index (χ1n) is 3.06. The largest absolute Gasteiger partial charge is 0.425 e. The third-order valence-electron chi connectivity index (χ3n) is 0.399. The van der Waals surface area contributed by atoms with E-state index < -0.39 is 41.6 Å². The van der Waals surface area contributed by atoms with E-state index in [4.69, 9.17) is 18.2 Å². The van der Waals surface area contributed by atoms with Crippen LogP contribution in [0.2, 0.25) is 0 Å². The Morgan fingerprint density at radius 2 is 0.524 bits per heavy atom. The average Bonchev–Trinajstić information content (AvgIpc) is 2.09. The van der Waals surface area contributed by atoms with Gasteiger partial charge in [-0.1, -0.05) is 17.3 Å². The van der Waals surface area contributed by atoms with Gasteiger partial charge in [0.25, 0.3) is 0 Å². The fourth-order valence-electron chi connectivity index (χ4n) is 0.140. The fraction of sp³-hybridized carbons (Fsp3) is 0. The van der Waals surface area contributed by atoms with E-state index in [1.54, 1.807) is 0 Å². The standard InChI is InChI=1S/K.2H2O8S2/c;2*1-9(2,3)7-8-10(4,5)6/h;2*(H,1,2,3)(H,4,5,6). The minimum Gasteiger partial charge on any atom is -0.262 e. The Labute approximate surface area is 160 Å². The molecule has 0 aliphatic heterocycles. The Hall–Kier alpha value is 1.12. The second-order valence-electron chi connectivity index (χ2n) is 1.98. The van der Waals surface area contributed by atoms with Crippen molar-refractivity contribution >= 4 is 93.0 Å². The second-order valence-corrected chi connectivity index (χ2v) is 5.95. The van der Waals surface area contributed by atoms with Gasteiger partial charge in [-0.2, -0.15) is 33.7 Å². The molecule has 0 aliphatic carbocycles. The Kier molecular flexibility index (Phi) is 13.0. The third kappa shape index (κ3) is 33.8. The van der Waals surface area contributed by atoms with Crippen LogP contribution in [0.15, 0.2) is 0 Å². The van der Waals surface area contributed by atoms with Crippen molar-refractivity contribution in [1.29, 1.82) is 0 Å². The van der Waals surface area contributed by atoms with E-state index in [9.17, 15) is 33.7 Å². The van der Waals surface area contributed by atoms with Crippen LogP contribution < -0.4 is 0 Å². The van der Waals surface area contributed by atoms with Crippen molar-refractivity contribution in [3.8, 4) is 0 Å². The molecule has 0 rings (SSSR count). The first-order chi connectivity index (χ1) is 8.41. The predicted octanol–water partition coefficient (Wildman–Crippen LogP) is -3.30. The summed E-state index contributed by atoms with van der Waals surface area (Å²) in [6, 6.07) is 0. The molecule has 0 aromatic rings. The molecule has 0 heterocycles. The molecule has 1 radical (unpaired) electrons. The Bertz CT molecular complexity index is 556. The summed E-state index contributed by atoms with van der Waals surface area (Å²) >= 11 is 0. The minimum atomic E-state index is -5.02. The van der Waals surface area contributed by atoms with Crippen LogP contribution in [0.4, 0.5) is 0 Å². The molecule has 0 atom stereocenters. The molecule has 0 saturated heterocycles. The minimum absolute atomic E-state index is 0. The number of hydrogen-bond acceptors (Lipinski definition) is 12. The first-order valence-corrected chi connectivity index (χ1v) is 8.52. The van der Waals surface area contributed by atoms with E-state index >= 15 is 0 Å². The molecule has 0 amide bonds. The van der Waals surface area contributed by atoms with Crippen LogP contribution in [0.25, 0.3) is 0 Å². The van der Waals surface area contributed by atoms with Crippen LogP contribution in [0.3, 0.4) is 0 Å². The molecule has 21 heavy (non-hydrogen) atoms. The summed E-state index contributed by atoms with van der Waals surface area (Å²) in [5.41, 5.74) is 0. The van der Waals surface area contributed by atoms with Crippen LogP contribution in [-0.2, 0) is 58.9 Å². The van der Waals surface area contributed by atoms with Crippen LogP contribution >= 0.6 is 0 Å². The molecule has 16 nitrogen and oxygen atoms in total. The molecule has 0 fully saturated rings. The first kappa shape index (κ1) is 27.0. The topological polar surface area (TPSA) is 254 Å². The summed E-state index contributed by atoms with van der Waals surface area (Å²) in [4.78, 5) is 0. The smallest absolute Gasteiger partial charge is 0.262 e. The van der Waals surface area contributed by atoms with Crippen LogP contribution in [0, 0.1) is 0 Å². The van der Waals surface area contributed by atoms with E-state index in [1.165, 1.54) is 0 Å². The van der Waals surface area contributed by atoms with Gasteiger partial charge in [0.15, 0.2) is 0 Å². The summed E-state index contributed by atoms with van der Waals surface area (Å²) in [6.45, 7) is 0. The predicted molar refractivity (Wildman–Crippen MR) is 56.3 cm³/mol. The van der Waals surface area contributed by atoms with Crippen molar-refractivity contribution in [2.45, 2.75) is 0 Å².